The van der Waals surface area contributed by atoms with Gasteiger partial charge in [0.2, 0.25) is 5.95 Å². The van der Waals surface area contributed by atoms with Crippen LogP contribution in [-0.4, -0.2) is 73.0 Å². The maximum atomic E-state index is 12.7. The third-order valence-electron chi connectivity index (χ3n) is 5.56. The highest BCUT2D eigenvalue weighted by Crippen LogP contribution is 2.36. The Labute approximate surface area is 179 Å². The molecular formula is C19H21N7O6. The second-order valence-electron chi connectivity index (χ2n) is 7.53. The van der Waals surface area contributed by atoms with Crippen LogP contribution in [0.25, 0.3) is 10.9 Å². The number of nitrogens with zero attached hydrogens (tertiary/aromatic N) is 5. The number of nitrogens with one attached hydrogen (secondary N) is 1. The van der Waals surface area contributed by atoms with Crippen LogP contribution < -0.4 is 26.6 Å². The summed E-state index contributed by atoms with van der Waals surface area (Å²) < 4.78 is 6.58. The van der Waals surface area contributed by atoms with Crippen molar-refractivity contribution in [3.8, 4) is 0 Å². The van der Waals surface area contributed by atoms with Crippen LogP contribution in [0.4, 0.5) is 17.5 Å². The van der Waals surface area contributed by atoms with Crippen molar-refractivity contribution in [2.24, 2.45) is 5.10 Å². The number of nitrogen functional groups attached to an aromatic ring is 1. The molecule has 0 radical (unpaired) electrons. The number of pyridine rings is 1. The van der Waals surface area contributed by atoms with Crippen molar-refractivity contribution < 1.29 is 25.3 Å². The van der Waals surface area contributed by atoms with E-state index in [9.17, 15) is 25.3 Å². The molecule has 2 aliphatic rings. The summed E-state index contributed by atoms with van der Waals surface area (Å²) in [6, 6.07) is 8.63. The minimum Gasteiger partial charge on any atom is -0.428 e. The Morgan fingerprint density at radius 2 is 2.03 bits per heavy atom. The summed E-state index contributed by atoms with van der Waals surface area (Å²) in [5, 5.41) is 47.2. The average Bonchev–Trinajstić information content (AvgIpc) is 3.27. The SMILES string of the molecule is Nc1nc2c(c(=O)[nH]1)N(N=c1ccn(O)c3ccccc13)CN2[C@@H]1O[C@H](CO)[C@@H](O)[C@H]1O. The molecule has 1 fully saturated rings. The molecule has 0 spiro atoms. The van der Waals surface area contributed by atoms with Crippen molar-refractivity contribution in [1.82, 2.24) is 14.7 Å². The molecule has 0 unspecified atom stereocenters. The van der Waals surface area contributed by atoms with Crippen LogP contribution in [0, 0.1) is 0 Å². The number of aromatic nitrogens is 3. The number of hydrogen-bond donors (Lipinski definition) is 6. The van der Waals surface area contributed by atoms with Crippen molar-refractivity contribution in [2.45, 2.75) is 24.5 Å². The van der Waals surface area contributed by atoms with Crippen LogP contribution in [-0.2, 0) is 4.74 Å². The first kappa shape index (κ1) is 20.3. The highest BCUT2D eigenvalue weighted by Gasteiger charge is 2.48. The van der Waals surface area contributed by atoms with Gasteiger partial charge in [-0.1, -0.05) is 18.2 Å². The van der Waals surface area contributed by atoms with E-state index in [1.807, 2.05) is 0 Å². The fourth-order valence-electron chi connectivity index (χ4n) is 4.03. The fraction of sp³-hybridized carbons (Fsp3) is 0.316. The Bertz CT molecular complexity index is 1310. The molecule has 13 nitrogen and oxygen atoms in total. The minimum absolute atomic E-state index is 0.0518. The average molecular weight is 443 g/mol. The van der Waals surface area contributed by atoms with E-state index in [2.05, 4.69) is 15.1 Å². The van der Waals surface area contributed by atoms with Crippen LogP contribution >= 0.6 is 0 Å². The first-order valence-corrected chi connectivity index (χ1v) is 9.79. The lowest BCUT2D eigenvalue weighted by molar-refractivity contribution is -0.0222. The van der Waals surface area contributed by atoms with E-state index in [-0.39, 0.29) is 24.1 Å². The molecule has 4 heterocycles. The lowest BCUT2D eigenvalue weighted by atomic mass is 10.1. The molecule has 1 saturated heterocycles. The maximum absolute atomic E-state index is 12.7. The number of aliphatic hydroxyl groups excluding tert-OH is 3. The van der Waals surface area contributed by atoms with Gasteiger partial charge in [0.25, 0.3) is 5.56 Å². The van der Waals surface area contributed by atoms with Crippen molar-refractivity contribution in [3.05, 3.63) is 52.2 Å². The molecular weight excluding hydrogens is 422 g/mol. The Hall–Kier alpha value is -3.65. The fourth-order valence-corrected chi connectivity index (χ4v) is 4.03. The van der Waals surface area contributed by atoms with Crippen LogP contribution in [0.1, 0.15) is 0 Å². The lowest BCUT2D eigenvalue weighted by Crippen LogP contribution is -2.45. The predicted molar refractivity (Wildman–Crippen MR) is 112 cm³/mol. The standard InChI is InChI=1S/C19H21N7O6/c20-19-21-16-13(17(30)22-19)25(8-24(16)18-15(29)14(28)12(7-27)32-18)23-10-5-6-26(31)11-4-2-1-3-9(10)11/h1-6,12,14-15,18,27-29,31H,7-8H2,(H3,20,21,22,30)/t12-,14-,15-,18-/m1/s1. The van der Waals surface area contributed by atoms with Crippen molar-refractivity contribution in [1.29, 1.82) is 0 Å². The number of hydrogen-bond acceptors (Lipinski definition) is 11. The molecule has 13 heteroatoms. The normalized spacial score (nSPS) is 25.7. The van der Waals surface area contributed by atoms with E-state index >= 15 is 0 Å². The van der Waals surface area contributed by atoms with Gasteiger partial charge in [-0.2, -0.15) is 14.8 Å². The van der Waals surface area contributed by atoms with Gasteiger partial charge in [-0.15, -0.1) is 0 Å². The molecule has 3 aromatic rings. The number of rotatable bonds is 3. The molecule has 1 aromatic carbocycles. The van der Waals surface area contributed by atoms with Crippen LogP contribution in [0.2, 0.25) is 0 Å². The Morgan fingerprint density at radius 1 is 1.25 bits per heavy atom. The number of benzene rings is 1. The quantitative estimate of drug-likeness (QED) is 0.249. The van der Waals surface area contributed by atoms with E-state index in [0.717, 1.165) is 4.73 Å². The number of H-pyrrole nitrogens is 1. The van der Waals surface area contributed by atoms with Crippen LogP contribution in [0.15, 0.2) is 46.4 Å². The number of para-hydroxylation sites is 1. The molecule has 4 atom stereocenters. The zero-order chi connectivity index (χ0) is 22.6. The maximum Gasteiger partial charge on any atom is 0.280 e. The summed E-state index contributed by atoms with van der Waals surface area (Å²) in [5.74, 6) is -0.0267. The molecule has 0 aliphatic carbocycles. The van der Waals surface area contributed by atoms with Gasteiger partial charge >= 0.3 is 0 Å². The lowest BCUT2D eigenvalue weighted by Gasteiger charge is -2.27. The number of anilines is 3. The summed E-state index contributed by atoms with van der Waals surface area (Å²) in [4.78, 5) is 20.8. The third kappa shape index (κ3) is 3.06. The van der Waals surface area contributed by atoms with Crippen molar-refractivity contribution in [3.63, 3.8) is 0 Å². The molecule has 168 valence electrons. The van der Waals surface area contributed by atoms with Gasteiger partial charge in [-0.05, 0) is 12.1 Å². The molecule has 0 saturated carbocycles. The molecule has 2 aromatic heterocycles. The summed E-state index contributed by atoms with van der Waals surface area (Å²) in [6.07, 6.45) is -3.36. The summed E-state index contributed by atoms with van der Waals surface area (Å²) >= 11 is 0. The van der Waals surface area contributed by atoms with Gasteiger partial charge in [0, 0.05) is 11.6 Å². The summed E-state index contributed by atoms with van der Waals surface area (Å²) in [7, 11) is 0. The smallest absolute Gasteiger partial charge is 0.280 e. The molecule has 32 heavy (non-hydrogen) atoms. The van der Waals surface area contributed by atoms with Gasteiger partial charge in [-0.25, -0.2) is 5.01 Å². The van der Waals surface area contributed by atoms with Gasteiger partial charge < -0.3 is 35.9 Å². The highest BCUT2D eigenvalue weighted by molar-refractivity contribution is 5.78. The minimum atomic E-state index is -1.37. The predicted octanol–water partition coefficient (Wildman–Crippen LogP) is -1.92. The van der Waals surface area contributed by atoms with Gasteiger partial charge in [0.05, 0.1) is 17.5 Å². The number of nitrogens with two attached hydrogens (primary N) is 1. The Balaban J connectivity index is 1.63. The van der Waals surface area contributed by atoms with E-state index in [0.29, 0.717) is 16.3 Å². The molecule has 0 bridgehead atoms. The first-order chi connectivity index (χ1) is 15.4. The summed E-state index contributed by atoms with van der Waals surface area (Å²) in [6.45, 7) is -0.546. The molecule has 7 N–H and O–H groups in total. The largest absolute Gasteiger partial charge is 0.428 e. The van der Waals surface area contributed by atoms with Crippen molar-refractivity contribution >= 4 is 28.4 Å². The van der Waals surface area contributed by atoms with Gasteiger partial charge in [0.15, 0.2) is 17.7 Å². The first-order valence-electron chi connectivity index (χ1n) is 9.79. The van der Waals surface area contributed by atoms with Crippen LogP contribution in [0.3, 0.4) is 0 Å². The molecule has 5 rings (SSSR count). The van der Waals surface area contributed by atoms with Crippen molar-refractivity contribution in [2.75, 3.05) is 28.9 Å². The van der Waals surface area contributed by atoms with E-state index in [4.69, 9.17) is 10.5 Å². The topological polar surface area (TPSA) is 186 Å². The number of ether oxygens (including phenoxy) is 1. The number of aromatic amines is 1. The second kappa shape index (κ2) is 7.49. The van der Waals surface area contributed by atoms with E-state index in [1.54, 1.807) is 30.3 Å². The number of fused-ring (bicyclic) bond motifs is 2. The van der Waals surface area contributed by atoms with Gasteiger partial charge in [-0.3, -0.25) is 9.78 Å². The molecule has 2 aliphatic heterocycles. The zero-order valence-electron chi connectivity index (χ0n) is 16.6. The molecule has 0 amide bonds. The monoisotopic (exact) mass is 443 g/mol. The van der Waals surface area contributed by atoms with Crippen LogP contribution in [0.5, 0.6) is 0 Å². The third-order valence-corrected chi connectivity index (χ3v) is 5.56. The highest BCUT2D eigenvalue weighted by atomic mass is 16.6. The Morgan fingerprint density at radius 3 is 2.78 bits per heavy atom. The van der Waals surface area contributed by atoms with E-state index in [1.165, 1.54) is 16.1 Å². The Kier molecular flexibility index (Phi) is 4.74. The number of aliphatic hydroxyl groups is 3. The zero-order valence-corrected chi connectivity index (χ0v) is 16.6. The summed E-state index contributed by atoms with van der Waals surface area (Å²) in [5.41, 5.74) is 5.76. The van der Waals surface area contributed by atoms with E-state index < -0.39 is 36.7 Å². The second-order valence-corrected chi connectivity index (χ2v) is 7.53. The van der Waals surface area contributed by atoms with Gasteiger partial charge in [0.1, 0.15) is 25.0 Å².